The van der Waals surface area contributed by atoms with Crippen molar-refractivity contribution in [1.82, 2.24) is 10.6 Å². The molecule has 0 radical (unpaired) electrons. The van der Waals surface area contributed by atoms with Gasteiger partial charge < -0.3 is 20.2 Å². The Hall–Kier alpha value is -3.35. The molecule has 158 valence electrons. The Morgan fingerprint density at radius 2 is 1.90 bits per heavy atom. The maximum absolute atomic E-state index is 12.8. The third-order valence-electron chi connectivity index (χ3n) is 4.85. The molecule has 0 saturated carbocycles. The molecule has 0 aliphatic carbocycles. The van der Waals surface area contributed by atoms with Gasteiger partial charge in [0.05, 0.1) is 12.8 Å². The highest BCUT2D eigenvalue weighted by atomic mass is 16.6. The van der Waals surface area contributed by atoms with E-state index >= 15 is 0 Å². The molecular weight excluding hydrogens is 382 g/mol. The normalized spacial score (nSPS) is 16.2. The van der Waals surface area contributed by atoms with Crippen LogP contribution in [0.25, 0.3) is 0 Å². The first kappa shape index (κ1) is 21.4. The van der Waals surface area contributed by atoms with Crippen molar-refractivity contribution in [3.8, 4) is 5.75 Å². The van der Waals surface area contributed by atoms with E-state index < -0.39 is 12.1 Å². The summed E-state index contributed by atoms with van der Waals surface area (Å²) in [5.41, 5.74) is 2.53. The van der Waals surface area contributed by atoms with E-state index in [1.54, 1.807) is 7.11 Å². The first-order valence-electron chi connectivity index (χ1n) is 10.1. The Morgan fingerprint density at radius 3 is 2.57 bits per heavy atom. The lowest BCUT2D eigenvalue weighted by atomic mass is 10.0. The molecule has 1 aliphatic heterocycles. The minimum absolute atomic E-state index is 0.205. The van der Waals surface area contributed by atoms with E-state index in [0.717, 1.165) is 23.3 Å². The zero-order chi connectivity index (χ0) is 21.3. The number of nitrogens with zero attached hydrogens (tertiary/aromatic N) is 1. The number of carbonyl (C=O) groups excluding carboxylic acids is 2. The van der Waals surface area contributed by atoms with Crippen LogP contribution in [0.1, 0.15) is 30.9 Å². The molecule has 1 heterocycles. The van der Waals surface area contributed by atoms with Gasteiger partial charge in [-0.3, -0.25) is 9.59 Å². The average Bonchev–Trinajstić information content (AvgIpc) is 3.28. The van der Waals surface area contributed by atoms with Crippen LogP contribution in [-0.4, -0.2) is 43.3 Å². The van der Waals surface area contributed by atoms with Crippen LogP contribution >= 0.6 is 0 Å². The van der Waals surface area contributed by atoms with E-state index in [4.69, 9.17) is 9.57 Å². The van der Waals surface area contributed by atoms with Gasteiger partial charge in [-0.2, -0.15) is 0 Å². The molecule has 2 atom stereocenters. The van der Waals surface area contributed by atoms with Crippen molar-refractivity contribution in [3.63, 3.8) is 0 Å². The monoisotopic (exact) mass is 409 g/mol. The Balaban J connectivity index is 1.62. The van der Waals surface area contributed by atoms with Crippen molar-refractivity contribution in [2.45, 2.75) is 38.3 Å². The zero-order valence-corrected chi connectivity index (χ0v) is 17.3. The molecule has 0 fully saturated rings. The maximum Gasteiger partial charge on any atom is 0.265 e. The fraction of sp³-hybridized carbons (Fsp3) is 0.348. The van der Waals surface area contributed by atoms with Crippen molar-refractivity contribution < 1.29 is 19.2 Å². The molecule has 0 saturated heterocycles. The second-order valence-electron chi connectivity index (χ2n) is 7.11. The number of oxime groups is 1. The second-order valence-corrected chi connectivity index (χ2v) is 7.11. The summed E-state index contributed by atoms with van der Waals surface area (Å²) in [5.74, 6) is 0.188. The van der Waals surface area contributed by atoms with Gasteiger partial charge in [0.15, 0.2) is 0 Å². The minimum atomic E-state index is -0.764. The van der Waals surface area contributed by atoms with E-state index in [0.29, 0.717) is 25.1 Å². The van der Waals surface area contributed by atoms with Crippen LogP contribution in [0.4, 0.5) is 0 Å². The van der Waals surface area contributed by atoms with Crippen molar-refractivity contribution in [2.75, 3.05) is 13.7 Å². The van der Waals surface area contributed by atoms with Gasteiger partial charge in [0.2, 0.25) is 12.0 Å². The van der Waals surface area contributed by atoms with Crippen LogP contribution in [0, 0.1) is 0 Å². The lowest BCUT2D eigenvalue weighted by Crippen LogP contribution is -2.51. The molecule has 7 nitrogen and oxygen atoms in total. The van der Waals surface area contributed by atoms with Crippen LogP contribution in [0.3, 0.4) is 0 Å². The smallest absolute Gasteiger partial charge is 0.265 e. The van der Waals surface area contributed by atoms with Crippen LogP contribution < -0.4 is 15.4 Å². The lowest BCUT2D eigenvalue weighted by Gasteiger charge is -2.20. The minimum Gasteiger partial charge on any atom is -0.497 e. The summed E-state index contributed by atoms with van der Waals surface area (Å²) < 4.78 is 5.16. The molecule has 2 aromatic rings. The summed E-state index contributed by atoms with van der Waals surface area (Å²) in [7, 11) is 1.61. The first-order chi connectivity index (χ1) is 14.6. The summed E-state index contributed by atoms with van der Waals surface area (Å²) in [6, 6.07) is 16.3. The SMILES string of the molecule is CCCNC(=O)C(Cc1ccccc1)NC(=O)C1CC(c2ccc(OC)cc2)=NO1. The van der Waals surface area contributed by atoms with Crippen LogP contribution in [-0.2, 0) is 20.8 Å². The number of carbonyl (C=O) groups is 2. The Kier molecular flexibility index (Phi) is 7.43. The molecule has 3 rings (SSSR count). The van der Waals surface area contributed by atoms with Gasteiger partial charge in [0, 0.05) is 19.4 Å². The van der Waals surface area contributed by atoms with Crippen LogP contribution in [0.5, 0.6) is 5.75 Å². The zero-order valence-electron chi connectivity index (χ0n) is 17.3. The quantitative estimate of drug-likeness (QED) is 0.666. The highest BCUT2D eigenvalue weighted by Crippen LogP contribution is 2.19. The predicted molar refractivity (Wildman–Crippen MR) is 114 cm³/mol. The standard InChI is InChI=1S/C23H27N3O4/c1-3-13-24-22(27)20(14-16-7-5-4-6-8-16)25-23(28)21-15-19(26-30-21)17-9-11-18(29-2)12-10-17/h4-12,20-21H,3,13-15H2,1-2H3,(H,24,27)(H,25,28). The van der Waals surface area contributed by atoms with Gasteiger partial charge >= 0.3 is 0 Å². The van der Waals surface area contributed by atoms with Crippen molar-refractivity contribution in [3.05, 3.63) is 65.7 Å². The highest BCUT2D eigenvalue weighted by Gasteiger charge is 2.32. The predicted octanol–water partition coefficient (Wildman–Crippen LogP) is 2.44. The van der Waals surface area contributed by atoms with Gasteiger partial charge in [-0.15, -0.1) is 0 Å². The fourth-order valence-electron chi connectivity index (χ4n) is 3.17. The molecule has 0 aromatic heterocycles. The molecule has 30 heavy (non-hydrogen) atoms. The maximum atomic E-state index is 12.8. The van der Waals surface area contributed by atoms with Gasteiger partial charge in [0.1, 0.15) is 11.8 Å². The number of benzene rings is 2. The molecule has 2 aromatic carbocycles. The lowest BCUT2D eigenvalue weighted by molar-refractivity contribution is -0.135. The number of nitrogens with one attached hydrogen (secondary N) is 2. The molecule has 2 N–H and O–H groups in total. The molecule has 0 spiro atoms. The van der Waals surface area contributed by atoms with Crippen LogP contribution in [0.2, 0.25) is 0 Å². The van der Waals surface area contributed by atoms with Crippen molar-refractivity contribution in [1.29, 1.82) is 0 Å². The Labute approximate surface area is 176 Å². The largest absolute Gasteiger partial charge is 0.497 e. The van der Waals surface area contributed by atoms with Crippen LogP contribution in [0.15, 0.2) is 59.8 Å². The summed E-state index contributed by atoms with van der Waals surface area (Å²) >= 11 is 0. The average molecular weight is 409 g/mol. The van der Waals surface area contributed by atoms with E-state index in [1.165, 1.54) is 0 Å². The number of hydrogen-bond acceptors (Lipinski definition) is 5. The molecular formula is C23H27N3O4. The first-order valence-corrected chi connectivity index (χ1v) is 10.1. The van der Waals surface area contributed by atoms with E-state index in [-0.39, 0.29) is 11.8 Å². The third-order valence-corrected chi connectivity index (χ3v) is 4.85. The number of ether oxygens (including phenoxy) is 1. The number of amides is 2. The summed E-state index contributed by atoms with van der Waals surface area (Å²) in [6.45, 7) is 2.54. The van der Waals surface area contributed by atoms with Gasteiger partial charge in [-0.25, -0.2) is 0 Å². The van der Waals surface area contributed by atoms with Crippen molar-refractivity contribution >= 4 is 17.5 Å². The Bertz CT molecular complexity index is 881. The molecule has 1 aliphatic rings. The number of methoxy groups -OCH3 is 1. The van der Waals surface area contributed by atoms with Gasteiger partial charge in [-0.1, -0.05) is 42.4 Å². The highest BCUT2D eigenvalue weighted by molar-refractivity contribution is 6.04. The Morgan fingerprint density at radius 1 is 1.17 bits per heavy atom. The second kappa shape index (κ2) is 10.4. The molecule has 2 unspecified atom stereocenters. The summed E-state index contributed by atoms with van der Waals surface area (Å²) in [4.78, 5) is 30.8. The van der Waals surface area contributed by atoms with Crippen molar-refractivity contribution in [2.24, 2.45) is 5.16 Å². The van der Waals surface area contributed by atoms with E-state index in [1.807, 2.05) is 61.5 Å². The third kappa shape index (κ3) is 5.59. The number of rotatable bonds is 9. The van der Waals surface area contributed by atoms with Gasteiger partial charge in [0.25, 0.3) is 5.91 Å². The van der Waals surface area contributed by atoms with Gasteiger partial charge in [-0.05, 0) is 41.8 Å². The molecule has 2 amide bonds. The molecule has 0 bridgehead atoms. The fourth-order valence-corrected chi connectivity index (χ4v) is 3.17. The number of hydrogen-bond donors (Lipinski definition) is 2. The summed E-state index contributed by atoms with van der Waals surface area (Å²) in [5, 5.41) is 9.76. The molecule has 7 heteroatoms. The van der Waals surface area contributed by atoms with E-state index in [2.05, 4.69) is 15.8 Å². The van der Waals surface area contributed by atoms with E-state index in [9.17, 15) is 9.59 Å². The summed E-state index contributed by atoms with van der Waals surface area (Å²) in [6.07, 6.45) is 0.801. The topological polar surface area (TPSA) is 89.0 Å².